The fraction of sp³-hybridized carbons (Fsp3) is 0.120. The zero-order valence-corrected chi connectivity index (χ0v) is 19.2. The average molecular weight is 515 g/mol. The van der Waals surface area contributed by atoms with Gasteiger partial charge in [0.1, 0.15) is 5.75 Å². The largest absolute Gasteiger partial charge is 0.481 e. The Hall–Kier alpha value is -4.18. The second kappa shape index (κ2) is 9.12. The first-order chi connectivity index (χ1) is 17.2. The summed E-state index contributed by atoms with van der Waals surface area (Å²) in [6, 6.07) is 14.7. The minimum atomic E-state index is -4.57. The van der Waals surface area contributed by atoms with E-state index in [0.29, 0.717) is 22.8 Å². The zero-order chi connectivity index (χ0) is 25.4. The molecule has 0 bridgehead atoms. The molecule has 5 rings (SSSR count). The Morgan fingerprint density at radius 1 is 1.03 bits per heavy atom. The van der Waals surface area contributed by atoms with E-state index in [1.54, 1.807) is 36.5 Å². The summed E-state index contributed by atoms with van der Waals surface area (Å²) in [5.74, 6) is -0.118. The van der Waals surface area contributed by atoms with E-state index in [2.05, 4.69) is 15.6 Å². The van der Waals surface area contributed by atoms with Crippen LogP contribution in [0.15, 0.2) is 66.9 Å². The van der Waals surface area contributed by atoms with Gasteiger partial charge in [-0.25, -0.2) is 4.79 Å². The van der Waals surface area contributed by atoms with Crippen molar-refractivity contribution >= 4 is 51.5 Å². The van der Waals surface area contributed by atoms with Gasteiger partial charge in [-0.15, -0.1) is 0 Å². The number of nitrogens with one attached hydrogen (secondary N) is 3. The van der Waals surface area contributed by atoms with Crippen LogP contribution in [-0.4, -0.2) is 23.5 Å². The zero-order valence-electron chi connectivity index (χ0n) is 18.4. The van der Waals surface area contributed by atoms with Gasteiger partial charge in [-0.1, -0.05) is 17.7 Å². The first-order valence-electron chi connectivity index (χ1n) is 10.7. The lowest BCUT2D eigenvalue weighted by atomic mass is 10.1. The van der Waals surface area contributed by atoms with Gasteiger partial charge in [0, 0.05) is 34.2 Å². The maximum Gasteiger partial charge on any atom is 0.416 e. The molecule has 11 heteroatoms. The summed E-state index contributed by atoms with van der Waals surface area (Å²) >= 11 is 5.88. The van der Waals surface area contributed by atoms with Crippen LogP contribution >= 0.6 is 11.6 Å². The molecular weight excluding hydrogens is 497 g/mol. The number of alkyl halides is 3. The second-order valence-electron chi connectivity index (χ2n) is 8.16. The number of benzene rings is 3. The van der Waals surface area contributed by atoms with Gasteiger partial charge in [0.15, 0.2) is 6.61 Å². The lowest BCUT2D eigenvalue weighted by Crippen LogP contribution is -2.38. The van der Waals surface area contributed by atoms with Crippen molar-refractivity contribution < 1.29 is 27.5 Å². The smallest absolute Gasteiger partial charge is 0.416 e. The van der Waals surface area contributed by atoms with E-state index in [1.165, 1.54) is 11.0 Å². The third-order valence-electron chi connectivity index (χ3n) is 5.60. The third kappa shape index (κ3) is 4.94. The first-order valence-corrected chi connectivity index (χ1v) is 11.1. The summed E-state index contributed by atoms with van der Waals surface area (Å²) in [5, 5.41) is 6.38. The molecule has 7 nitrogen and oxygen atoms in total. The average Bonchev–Trinajstić information content (AvgIpc) is 3.28. The number of amides is 3. The number of ether oxygens (including phenoxy) is 1. The SMILES string of the molecule is O=C(Nc1ccc2c(c1)OCC(=O)N2Cc1cc(Cl)cc(C(F)(F)F)c1)Nc1ccc2cc[nH]c2c1. The van der Waals surface area contributed by atoms with Crippen molar-refractivity contribution in [1.82, 2.24) is 4.98 Å². The number of aromatic nitrogens is 1. The van der Waals surface area contributed by atoms with E-state index < -0.39 is 23.7 Å². The van der Waals surface area contributed by atoms with Crippen LogP contribution in [0.4, 0.5) is 35.0 Å². The molecule has 3 amide bonds. The number of fused-ring (bicyclic) bond motifs is 2. The molecular formula is C25H18ClF3N4O3. The number of urea groups is 1. The Morgan fingerprint density at radius 2 is 1.78 bits per heavy atom. The first kappa shape index (κ1) is 23.6. The molecule has 0 spiro atoms. The number of hydrogen-bond donors (Lipinski definition) is 3. The number of carbonyl (C=O) groups excluding carboxylic acids is 2. The minimum Gasteiger partial charge on any atom is -0.481 e. The highest BCUT2D eigenvalue weighted by atomic mass is 35.5. The molecule has 3 aromatic carbocycles. The monoisotopic (exact) mass is 514 g/mol. The fourth-order valence-electron chi connectivity index (χ4n) is 3.96. The van der Waals surface area contributed by atoms with E-state index in [4.69, 9.17) is 16.3 Å². The van der Waals surface area contributed by atoms with E-state index in [-0.39, 0.29) is 23.7 Å². The number of hydrogen-bond acceptors (Lipinski definition) is 3. The van der Waals surface area contributed by atoms with Crippen molar-refractivity contribution in [2.24, 2.45) is 0 Å². The van der Waals surface area contributed by atoms with Crippen LogP contribution in [0.5, 0.6) is 5.75 Å². The topological polar surface area (TPSA) is 86.5 Å². The van der Waals surface area contributed by atoms with Gasteiger partial charge < -0.3 is 25.3 Å². The molecule has 1 aromatic heterocycles. The Kier molecular flexibility index (Phi) is 5.97. The number of H-pyrrole nitrogens is 1. The van der Waals surface area contributed by atoms with Gasteiger partial charge in [0.25, 0.3) is 5.91 Å². The Labute approximate surface area is 207 Å². The molecule has 1 aliphatic heterocycles. The van der Waals surface area contributed by atoms with Gasteiger partial charge in [0.05, 0.1) is 17.8 Å². The molecule has 0 aliphatic carbocycles. The van der Waals surface area contributed by atoms with Crippen LogP contribution in [0.1, 0.15) is 11.1 Å². The van der Waals surface area contributed by atoms with Crippen LogP contribution in [0.25, 0.3) is 10.9 Å². The summed E-state index contributed by atoms with van der Waals surface area (Å²) < 4.78 is 45.1. The van der Waals surface area contributed by atoms with Crippen LogP contribution in [-0.2, 0) is 17.5 Å². The van der Waals surface area contributed by atoms with E-state index in [1.807, 2.05) is 12.1 Å². The lowest BCUT2D eigenvalue weighted by Gasteiger charge is -2.30. The van der Waals surface area contributed by atoms with E-state index in [9.17, 15) is 22.8 Å². The van der Waals surface area contributed by atoms with Crippen LogP contribution in [0.3, 0.4) is 0 Å². The Balaban J connectivity index is 1.33. The maximum absolute atomic E-state index is 13.2. The summed E-state index contributed by atoms with van der Waals surface area (Å²) in [6.07, 6.45) is -2.77. The van der Waals surface area contributed by atoms with E-state index in [0.717, 1.165) is 23.0 Å². The number of anilines is 3. The summed E-state index contributed by atoms with van der Waals surface area (Å²) in [7, 11) is 0. The predicted octanol–water partition coefficient (Wildman–Crippen LogP) is 6.41. The van der Waals surface area contributed by atoms with Crippen LogP contribution in [0, 0.1) is 0 Å². The molecule has 0 atom stereocenters. The summed E-state index contributed by atoms with van der Waals surface area (Å²) in [6.45, 7) is -0.432. The fourth-order valence-corrected chi connectivity index (χ4v) is 4.22. The summed E-state index contributed by atoms with van der Waals surface area (Å²) in [4.78, 5) is 29.4. The predicted molar refractivity (Wildman–Crippen MR) is 131 cm³/mol. The van der Waals surface area contributed by atoms with Gasteiger partial charge >= 0.3 is 12.2 Å². The Bertz CT molecular complexity index is 1490. The van der Waals surface area contributed by atoms with E-state index >= 15 is 0 Å². The van der Waals surface area contributed by atoms with Crippen molar-refractivity contribution in [3.05, 3.63) is 83.0 Å². The van der Waals surface area contributed by atoms with Gasteiger partial charge in [-0.2, -0.15) is 13.2 Å². The molecule has 4 aromatic rings. The highest BCUT2D eigenvalue weighted by molar-refractivity contribution is 6.30. The molecule has 0 radical (unpaired) electrons. The van der Waals surface area contributed by atoms with Gasteiger partial charge in [-0.05, 0) is 59.5 Å². The number of aromatic amines is 1. The molecule has 36 heavy (non-hydrogen) atoms. The second-order valence-corrected chi connectivity index (χ2v) is 8.59. The van der Waals surface area contributed by atoms with Crippen molar-refractivity contribution in [3.8, 4) is 5.75 Å². The van der Waals surface area contributed by atoms with Crippen LogP contribution in [0.2, 0.25) is 5.02 Å². The normalized spacial score (nSPS) is 13.3. The highest BCUT2D eigenvalue weighted by Crippen LogP contribution is 2.37. The molecule has 1 aliphatic rings. The lowest BCUT2D eigenvalue weighted by molar-refractivity contribution is -0.137. The minimum absolute atomic E-state index is 0.0817. The van der Waals surface area contributed by atoms with Crippen molar-refractivity contribution in [2.45, 2.75) is 12.7 Å². The van der Waals surface area contributed by atoms with Crippen molar-refractivity contribution in [3.63, 3.8) is 0 Å². The molecule has 0 saturated heterocycles. The van der Waals surface area contributed by atoms with Crippen LogP contribution < -0.4 is 20.3 Å². The third-order valence-corrected chi connectivity index (χ3v) is 5.82. The van der Waals surface area contributed by atoms with Crippen molar-refractivity contribution in [2.75, 3.05) is 22.1 Å². The number of carbonyl (C=O) groups is 2. The Morgan fingerprint density at radius 3 is 2.56 bits per heavy atom. The molecule has 0 saturated carbocycles. The summed E-state index contributed by atoms with van der Waals surface area (Å²) in [5.41, 5.74) is 1.56. The maximum atomic E-state index is 13.2. The van der Waals surface area contributed by atoms with Gasteiger partial charge in [0.2, 0.25) is 0 Å². The van der Waals surface area contributed by atoms with Gasteiger partial charge in [-0.3, -0.25) is 4.79 Å². The number of halogens is 4. The quantitative estimate of drug-likeness (QED) is 0.294. The standard InChI is InChI=1S/C25H18ClF3N4O3/c26-17-8-14(7-16(9-17)25(27,28)29)12-33-21-4-3-19(11-22(21)36-13-23(33)34)32-24(35)31-18-2-1-15-5-6-30-20(15)10-18/h1-11,30H,12-13H2,(H2,31,32,35). The molecule has 0 fully saturated rings. The molecule has 3 N–H and O–H groups in total. The molecule has 0 unspecified atom stereocenters. The number of rotatable bonds is 4. The highest BCUT2D eigenvalue weighted by Gasteiger charge is 2.32. The molecule has 2 heterocycles. The number of nitrogens with zero attached hydrogens (tertiary/aromatic N) is 1. The molecule has 184 valence electrons. The van der Waals surface area contributed by atoms with Crippen molar-refractivity contribution in [1.29, 1.82) is 0 Å².